The smallest absolute Gasteiger partial charge is 0.406 e. The molecular formula is C21H16F6N6O3S. The highest BCUT2D eigenvalue weighted by Gasteiger charge is 2.34. The SMILES string of the molecule is N#Cc1ccc(Nc2cc(C(F)(F)F)nc(NCCNS(=O)(=O)c3ccc(OC(F)(F)F)cc3)n2)cc1. The number of nitrogens with zero attached hydrogens (tertiary/aromatic N) is 3. The Balaban J connectivity index is 1.65. The van der Waals surface area contributed by atoms with Crippen LogP contribution < -0.4 is 20.1 Å². The highest BCUT2D eigenvalue weighted by Crippen LogP contribution is 2.30. The van der Waals surface area contributed by atoms with Gasteiger partial charge in [-0.25, -0.2) is 18.1 Å². The highest BCUT2D eigenvalue weighted by molar-refractivity contribution is 7.89. The molecule has 0 aliphatic rings. The predicted molar refractivity (Wildman–Crippen MR) is 118 cm³/mol. The van der Waals surface area contributed by atoms with Crippen molar-refractivity contribution in [3.05, 3.63) is 65.9 Å². The van der Waals surface area contributed by atoms with E-state index in [1.165, 1.54) is 24.3 Å². The molecule has 196 valence electrons. The van der Waals surface area contributed by atoms with Crippen molar-refractivity contribution in [2.75, 3.05) is 23.7 Å². The van der Waals surface area contributed by atoms with Crippen LogP contribution in [0.5, 0.6) is 5.75 Å². The lowest BCUT2D eigenvalue weighted by Gasteiger charge is -2.13. The van der Waals surface area contributed by atoms with E-state index in [2.05, 4.69) is 30.1 Å². The summed E-state index contributed by atoms with van der Waals surface area (Å²) in [5.74, 6) is -1.27. The maximum atomic E-state index is 13.3. The maximum Gasteiger partial charge on any atom is 0.573 e. The molecule has 0 radical (unpaired) electrons. The number of nitriles is 1. The second-order valence-electron chi connectivity index (χ2n) is 7.12. The fourth-order valence-electron chi connectivity index (χ4n) is 2.78. The molecule has 0 unspecified atom stereocenters. The van der Waals surface area contributed by atoms with Gasteiger partial charge < -0.3 is 15.4 Å². The Morgan fingerprint density at radius 2 is 1.57 bits per heavy atom. The number of rotatable bonds is 9. The second-order valence-corrected chi connectivity index (χ2v) is 8.88. The van der Waals surface area contributed by atoms with Crippen molar-refractivity contribution >= 4 is 27.5 Å². The number of benzene rings is 2. The largest absolute Gasteiger partial charge is 0.573 e. The first-order chi connectivity index (χ1) is 17.2. The fraction of sp³-hybridized carbons (Fsp3) is 0.190. The third-order valence-corrected chi connectivity index (χ3v) is 5.85. The number of sulfonamides is 1. The zero-order valence-electron chi connectivity index (χ0n) is 18.4. The normalized spacial score (nSPS) is 12.0. The minimum atomic E-state index is -4.94. The molecule has 0 saturated carbocycles. The summed E-state index contributed by atoms with van der Waals surface area (Å²) in [5.41, 5.74) is -0.557. The van der Waals surface area contributed by atoms with Crippen LogP contribution in [0.25, 0.3) is 0 Å². The van der Waals surface area contributed by atoms with Crippen molar-refractivity contribution in [1.29, 1.82) is 5.26 Å². The Morgan fingerprint density at radius 1 is 0.919 bits per heavy atom. The molecule has 3 rings (SSSR count). The molecule has 0 amide bonds. The van der Waals surface area contributed by atoms with Gasteiger partial charge in [-0.15, -0.1) is 13.2 Å². The molecule has 9 nitrogen and oxygen atoms in total. The van der Waals surface area contributed by atoms with Crippen molar-refractivity contribution in [2.24, 2.45) is 0 Å². The second kappa shape index (κ2) is 10.9. The Bertz CT molecular complexity index is 1370. The number of ether oxygens (including phenoxy) is 1. The molecule has 0 bridgehead atoms. The predicted octanol–water partition coefficient (Wildman–Crippen LogP) is 4.40. The van der Waals surface area contributed by atoms with Crippen molar-refractivity contribution in [3.63, 3.8) is 0 Å². The van der Waals surface area contributed by atoms with E-state index in [0.717, 1.165) is 24.3 Å². The van der Waals surface area contributed by atoms with Crippen LogP contribution in [0.4, 0.5) is 43.8 Å². The first kappa shape index (κ1) is 27.5. The summed E-state index contributed by atoms with van der Waals surface area (Å²) < 4.78 is 107. The van der Waals surface area contributed by atoms with Gasteiger partial charge in [0.2, 0.25) is 16.0 Å². The number of aromatic nitrogens is 2. The van der Waals surface area contributed by atoms with Crippen molar-refractivity contribution in [2.45, 2.75) is 17.4 Å². The molecule has 37 heavy (non-hydrogen) atoms. The molecule has 16 heteroatoms. The number of anilines is 3. The highest BCUT2D eigenvalue weighted by atomic mass is 32.2. The summed E-state index contributed by atoms with van der Waals surface area (Å²) in [6.45, 7) is -0.548. The van der Waals surface area contributed by atoms with Crippen molar-refractivity contribution in [1.82, 2.24) is 14.7 Å². The van der Waals surface area contributed by atoms with Gasteiger partial charge in [-0.3, -0.25) is 0 Å². The van der Waals surface area contributed by atoms with Crippen LogP contribution in [0.3, 0.4) is 0 Å². The minimum absolute atomic E-state index is 0.212. The molecule has 3 aromatic rings. The van der Waals surface area contributed by atoms with Gasteiger partial charge in [0.1, 0.15) is 11.6 Å². The lowest BCUT2D eigenvalue weighted by Crippen LogP contribution is -2.29. The Labute approximate surface area is 206 Å². The third kappa shape index (κ3) is 8.22. The van der Waals surface area contributed by atoms with Gasteiger partial charge in [0, 0.05) is 24.8 Å². The number of nitrogens with one attached hydrogen (secondary N) is 3. The van der Waals surface area contributed by atoms with Crippen LogP contribution in [0.15, 0.2) is 59.5 Å². The molecule has 0 aliphatic carbocycles. The van der Waals surface area contributed by atoms with E-state index in [1.807, 2.05) is 6.07 Å². The average molecular weight is 546 g/mol. The van der Waals surface area contributed by atoms with E-state index >= 15 is 0 Å². The molecule has 0 atom stereocenters. The minimum Gasteiger partial charge on any atom is -0.406 e. The van der Waals surface area contributed by atoms with E-state index in [4.69, 9.17) is 5.26 Å². The molecule has 0 spiro atoms. The third-order valence-electron chi connectivity index (χ3n) is 4.37. The zero-order chi connectivity index (χ0) is 27.3. The van der Waals surface area contributed by atoms with Gasteiger partial charge in [-0.1, -0.05) is 0 Å². The van der Waals surface area contributed by atoms with Gasteiger partial charge in [0.15, 0.2) is 5.69 Å². The van der Waals surface area contributed by atoms with Gasteiger partial charge >= 0.3 is 12.5 Å². The Kier molecular flexibility index (Phi) is 8.09. The van der Waals surface area contributed by atoms with Crippen LogP contribution >= 0.6 is 0 Å². The summed E-state index contributed by atoms with van der Waals surface area (Å²) in [6, 6.07) is 11.9. The summed E-state index contributed by atoms with van der Waals surface area (Å²) in [5, 5.41) is 14.0. The molecular weight excluding hydrogens is 530 g/mol. The van der Waals surface area contributed by atoms with Crippen molar-refractivity contribution in [3.8, 4) is 11.8 Å². The van der Waals surface area contributed by atoms with E-state index in [0.29, 0.717) is 17.3 Å². The van der Waals surface area contributed by atoms with Gasteiger partial charge in [0.25, 0.3) is 0 Å². The number of hydrogen-bond donors (Lipinski definition) is 3. The summed E-state index contributed by atoms with van der Waals surface area (Å²) in [4.78, 5) is 6.97. The molecule has 0 fully saturated rings. The molecule has 1 heterocycles. The summed E-state index contributed by atoms with van der Waals surface area (Å²) >= 11 is 0. The average Bonchev–Trinajstić information content (AvgIpc) is 2.81. The monoisotopic (exact) mass is 546 g/mol. The van der Waals surface area contributed by atoms with E-state index in [-0.39, 0.29) is 23.8 Å². The Hall–Kier alpha value is -4.10. The fourth-order valence-corrected chi connectivity index (χ4v) is 3.81. The summed E-state index contributed by atoms with van der Waals surface area (Å²) in [7, 11) is -4.14. The van der Waals surface area contributed by atoms with Crippen LogP contribution in [0, 0.1) is 11.3 Å². The molecule has 1 aromatic heterocycles. The van der Waals surface area contributed by atoms with Crippen molar-refractivity contribution < 1.29 is 39.5 Å². The lowest BCUT2D eigenvalue weighted by molar-refractivity contribution is -0.274. The van der Waals surface area contributed by atoms with Crippen LogP contribution in [-0.2, 0) is 16.2 Å². The molecule has 2 aromatic carbocycles. The van der Waals surface area contributed by atoms with Gasteiger partial charge in [-0.2, -0.15) is 23.4 Å². The van der Waals surface area contributed by atoms with E-state index in [9.17, 15) is 34.8 Å². The molecule has 3 N–H and O–H groups in total. The topological polar surface area (TPSA) is 129 Å². The first-order valence-electron chi connectivity index (χ1n) is 10.1. The standard InChI is InChI=1S/C21H16F6N6O3S/c22-20(23,24)17-11-18(31-14-3-1-13(12-28)2-4-14)33-19(32-17)29-9-10-30-37(34,35)16-7-5-15(6-8-16)36-21(25,26)27/h1-8,11,30H,9-10H2,(H2,29,31,32,33). The first-order valence-corrected chi connectivity index (χ1v) is 11.6. The summed E-state index contributed by atoms with van der Waals surface area (Å²) in [6.07, 6.45) is -9.74. The quantitative estimate of drug-likeness (QED) is 0.266. The van der Waals surface area contributed by atoms with Gasteiger partial charge in [-0.05, 0) is 48.5 Å². The maximum absolute atomic E-state index is 13.3. The van der Waals surface area contributed by atoms with Crippen LogP contribution in [0.1, 0.15) is 11.3 Å². The van der Waals surface area contributed by atoms with Crippen LogP contribution in [-0.4, -0.2) is 37.8 Å². The van der Waals surface area contributed by atoms with E-state index in [1.54, 1.807) is 0 Å². The zero-order valence-corrected chi connectivity index (χ0v) is 19.2. The number of alkyl halides is 6. The number of halogens is 6. The molecule has 0 aliphatic heterocycles. The Morgan fingerprint density at radius 3 is 2.14 bits per heavy atom. The van der Waals surface area contributed by atoms with Gasteiger partial charge in [0.05, 0.1) is 16.5 Å². The lowest BCUT2D eigenvalue weighted by atomic mass is 10.2. The van der Waals surface area contributed by atoms with Crippen LogP contribution in [0.2, 0.25) is 0 Å². The van der Waals surface area contributed by atoms with E-state index < -0.39 is 40.0 Å². The number of hydrogen-bond acceptors (Lipinski definition) is 8. The molecule has 0 saturated heterocycles.